The van der Waals surface area contributed by atoms with Crippen LogP contribution in [0.4, 0.5) is 0 Å². The van der Waals surface area contributed by atoms with E-state index in [9.17, 15) is 0 Å². The van der Waals surface area contributed by atoms with E-state index in [1.165, 1.54) is 38.5 Å². The molecule has 0 spiro atoms. The summed E-state index contributed by atoms with van der Waals surface area (Å²) >= 11 is 0. The summed E-state index contributed by atoms with van der Waals surface area (Å²) in [6.45, 7) is 11.4. The van der Waals surface area contributed by atoms with E-state index < -0.39 is 0 Å². The Hall–Kier alpha value is -0.0800. The van der Waals surface area contributed by atoms with Crippen LogP contribution < -0.4 is 11.1 Å². The summed E-state index contributed by atoms with van der Waals surface area (Å²) in [5.41, 5.74) is 6.18. The molecule has 0 saturated carbocycles. The summed E-state index contributed by atoms with van der Waals surface area (Å²) in [6.07, 6.45) is 9.07. The average molecular weight is 242 g/mol. The summed E-state index contributed by atoms with van der Waals surface area (Å²) in [7, 11) is 0. The average Bonchev–Trinajstić information content (AvgIpc) is 2.23. The molecule has 0 aliphatic heterocycles. The van der Waals surface area contributed by atoms with Crippen LogP contribution in [0.2, 0.25) is 0 Å². The molecule has 3 N–H and O–H groups in total. The Balaban J connectivity index is 3.38. The smallest absolute Gasteiger partial charge is 0.00104 e. The van der Waals surface area contributed by atoms with Gasteiger partial charge in [-0.15, -0.1) is 0 Å². The molecular formula is C15H34N2. The fourth-order valence-electron chi connectivity index (χ4n) is 2.09. The summed E-state index contributed by atoms with van der Waals surface area (Å²) in [5.74, 6) is 0. The number of nitrogens with two attached hydrogens (primary N) is 1. The third-order valence-corrected chi connectivity index (χ3v) is 3.32. The zero-order chi connectivity index (χ0) is 13.1. The van der Waals surface area contributed by atoms with Crippen LogP contribution >= 0.6 is 0 Å². The monoisotopic (exact) mass is 242 g/mol. The third-order valence-electron chi connectivity index (χ3n) is 3.32. The number of hydrogen-bond acceptors (Lipinski definition) is 2. The molecule has 0 rings (SSSR count). The minimum atomic E-state index is 0.362. The first kappa shape index (κ1) is 16.9. The van der Waals surface area contributed by atoms with Crippen LogP contribution in [0.3, 0.4) is 0 Å². The molecule has 104 valence electrons. The van der Waals surface area contributed by atoms with Crippen LogP contribution in [-0.2, 0) is 0 Å². The van der Waals surface area contributed by atoms with Crippen molar-refractivity contribution in [2.45, 2.75) is 78.7 Å². The first-order chi connectivity index (χ1) is 7.98. The lowest BCUT2D eigenvalue weighted by atomic mass is 9.87. The molecule has 1 unspecified atom stereocenters. The van der Waals surface area contributed by atoms with Gasteiger partial charge in [-0.2, -0.15) is 0 Å². The zero-order valence-corrected chi connectivity index (χ0v) is 12.5. The van der Waals surface area contributed by atoms with Gasteiger partial charge < -0.3 is 11.1 Å². The number of hydrogen-bond donors (Lipinski definition) is 2. The van der Waals surface area contributed by atoms with E-state index in [4.69, 9.17) is 5.73 Å². The van der Waals surface area contributed by atoms with Crippen LogP contribution in [0.5, 0.6) is 0 Å². The summed E-state index contributed by atoms with van der Waals surface area (Å²) < 4.78 is 0. The van der Waals surface area contributed by atoms with Gasteiger partial charge in [0.2, 0.25) is 0 Å². The highest BCUT2D eigenvalue weighted by atomic mass is 14.9. The van der Waals surface area contributed by atoms with E-state index in [2.05, 4.69) is 33.0 Å². The Morgan fingerprint density at radius 2 is 1.82 bits per heavy atom. The highest BCUT2D eigenvalue weighted by Crippen LogP contribution is 2.22. The predicted molar refractivity (Wildman–Crippen MR) is 78.3 cm³/mol. The molecule has 2 heteroatoms. The molecule has 0 aromatic carbocycles. The number of rotatable bonds is 11. The van der Waals surface area contributed by atoms with E-state index in [1.807, 2.05) is 0 Å². The minimum Gasteiger partial charge on any atom is -0.328 e. The normalized spacial score (nSPS) is 13.9. The fraction of sp³-hybridized carbons (Fsp3) is 1.00. The van der Waals surface area contributed by atoms with Crippen LogP contribution in [-0.4, -0.2) is 19.1 Å². The maximum atomic E-state index is 5.72. The highest BCUT2D eigenvalue weighted by Gasteiger charge is 2.16. The summed E-state index contributed by atoms with van der Waals surface area (Å²) in [4.78, 5) is 0. The second-order valence-electron chi connectivity index (χ2n) is 6.27. The Morgan fingerprint density at radius 1 is 1.12 bits per heavy atom. The quantitative estimate of drug-likeness (QED) is 0.542. The van der Waals surface area contributed by atoms with Crippen molar-refractivity contribution >= 4 is 0 Å². The topological polar surface area (TPSA) is 38.0 Å². The minimum absolute atomic E-state index is 0.362. The molecule has 0 aliphatic rings. The molecule has 1 atom stereocenters. The first-order valence-corrected chi connectivity index (χ1v) is 7.44. The first-order valence-electron chi connectivity index (χ1n) is 7.44. The molecule has 0 heterocycles. The van der Waals surface area contributed by atoms with Crippen molar-refractivity contribution in [3.8, 4) is 0 Å². The van der Waals surface area contributed by atoms with Gasteiger partial charge in [-0.05, 0) is 38.1 Å². The van der Waals surface area contributed by atoms with E-state index in [1.54, 1.807) is 0 Å². The molecule has 0 aromatic rings. The Morgan fingerprint density at radius 3 is 2.41 bits per heavy atom. The number of nitrogens with one attached hydrogen (secondary N) is 1. The summed E-state index contributed by atoms with van der Waals surface area (Å²) in [5, 5.41) is 3.59. The van der Waals surface area contributed by atoms with Crippen molar-refractivity contribution in [3.05, 3.63) is 0 Å². The molecule has 0 bridgehead atoms. The Labute approximate surface area is 109 Å². The van der Waals surface area contributed by atoms with Gasteiger partial charge in [0, 0.05) is 12.6 Å². The van der Waals surface area contributed by atoms with Gasteiger partial charge in [0.25, 0.3) is 0 Å². The molecular weight excluding hydrogens is 208 g/mol. The summed E-state index contributed by atoms with van der Waals surface area (Å²) in [6, 6.07) is 0.362. The molecule has 0 aromatic heterocycles. The van der Waals surface area contributed by atoms with Crippen LogP contribution in [0.15, 0.2) is 0 Å². The molecule has 0 fully saturated rings. The maximum absolute atomic E-state index is 5.72. The molecule has 0 saturated heterocycles. The maximum Gasteiger partial charge on any atom is 0.00104 e. The van der Waals surface area contributed by atoms with Crippen molar-refractivity contribution in [2.24, 2.45) is 11.1 Å². The second-order valence-corrected chi connectivity index (χ2v) is 6.27. The van der Waals surface area contributed by atoms with Gasteiger partial charge >= 0.3 is 0 Å². The van der Waals surface area contributed by atoms with Gasteiger partial charge in [0.1, 0.15) is 0 Å². The van der Waals surface area contributed by atoms with Crippen molar-refractivity contribution in [3.63, 3.8) is 0 Å². The van der Waals surface area contributed by atoms with Gasteiger partial charge in [0.15, 0.2) is 0 Å². The lowest BCUT2D eigenvalue weighted by Crippen LogP contribution is -2.30. The van der Waals surface area contributed by atoms with E-state index in [-0.39, 0.29) is 0 Å². The molecule has 0 amide bonds. The van der Waals surface area contributed by atoms with E-state index in [0.29, 0.717) is 11.5 Å². The van der Waals surface area contributed by atoms with Crippen LogP contribution in [0.25, 0.3) is 0 Å². The molecule has 2 nitrogen and oxygen atoms in total. The van der Waals surface area contributed by atoms with E-state index in [0.717, 1.165) is 19.5 Å². The SMILES string of the molecule is CCCCCC(C)(C)CNCCCCC(C)N. The predicted octanol–water partition coefficient (Wildman–Crippen LogP) is 3.70. The molecule has 0 radical (unpaired) electrons. The third kappa shape index (κ3) is 12.2. The number of unbranched alkanes of at least 4 members (excludes halogenated alkanes) is 3. The lowest BCUT2D eigenvalue weighted by Gasteiger charge is -2.25. The molecule has 0 aliphatic carbocycles. The van der Waals surface area contributed by atoms with E-state index >= 15 is 0 Å². The van der Waals surface area contributed by atoms with Gasteiger partial charge in [-0.3, -0.25) is 0 Å². The van der Waals surface area contributed by atoms with Crippen LogP contribution in [0.1, 0.15) is 72.6 Å². The fourth-order valence-corrected chi connectivity index (χ4v) is 2.09. The van der Waals surface area contributed by atoms with Crippen molar-refractivity contribution in [1.29, 1.82) is 0 Å². The second kappa shape index (κ2) is 9.90. The van der Waals surface area contributed by atoms with Crippen molar-refractivity contribution in [2.75, 3.05) is 13.1 Å². The highest BCUT2D eigenvalue weighted by molar-refractivity contribution is 4.71. The Bertz CT molecular complexity index is 164. The van der Waals surface area contributed by atoms with Crippen molar-refractivity contribution in [1.82, 2.24) is 5.32 Å². The van der Waals surface area contributed by atoms with Crippen LogP contribution in [0, 0.1) is 5.41 Å². The van der Waals surface area contributed by atoms with Gasteiger partial charge in [0.05, 0.1) is 0 Å². The standard InChI is InChI=1S/C15H34N2/c1-5-6-8-11-15(3,4)13-17-12-9-7-10-14(2)16/h14,17H,5-13,16H2,1-4H3. The van der Waals surface area contributed by atoms with Gasteiger partial charge in [-0.1, -0.05) is 46.5 Å². The Kier molecular flexibility index (Phi) is 9.85. The van der Waals surface area contributed by atoms with Gasteiger partial charge in [-0.25, -0.2) is 0 Å². The zero-order valence-electron chi connectivity index (χ0n) is 12.5. The largest absolute Gasteiger partial charge is 0.328 e. The van der Waals surface area contributed by atoms with Crippen molar-refractivity contribution < 1.29 is 0 Å². The lowest BCUT2D eigenvalue weighted by molar-refractivity contribution is 0.301. The molecule has 17 heavy (non-hydrogen) atoms.